The lowest BCUT2D eigenvalue weighted by molar-refractivity contribution is -0.135. The Balaban J connectivity index is 1.78. The van der Waals surface area contributed by atoms with Gasteiger partial charge in [0.2, 0.25) is 0 Å². The van der Waals surface area contributed by atoms with Crippen molar-refractivity contribution < 1.29 is 17.9 Å². The molecule has 3 rings (SSSR count). The number of unbranched alkanes of at least 4 members (excludes halogenated alkanes) is 2. The Labute approximate surface area is 199 Å². The summed E-state index contributed by atoms with van der Waals surface area (Å²) in [6.07, 6.45) is -2.05. The molecule has 6 N–H and O–H groups in total. The maximum Gasteiger partial charge on any atom is 0.389 e. The first-order valence-corrected chi connectivity index (χ1v) is 11.1. The molecular formula is C23H28F3N7O2. The highest BCUT2D eigenvalue weighted by molar-refractivity contribution is 6.03. The summed E-state index contributed by atoms with van der Waals surface area (Å²) in [5.74, 6) is 5.73. The summed E-state index contributed by atoms with van der Waals surface area (Å²) in [6, 6.07) is 10.6. The van der Waals surface area contributed by atoms with E-state index in [1.54, 1.807) is 47.3 Å². The van der Waals surface area contributed by atoms with E-state index in [4.69, 9.17) is 16.3 Å². The zero-order valence-electron chi connectivity index (χ0n) is 19.2. The fourth-order valence-corrected chi connectivity index (χ4v) is 3.50. The number of hydrazine groups is 1. The van der Waals surface area contributed by atoms with E-state index in [2.05, 4.69) is 20.7 Å². The third-order valence-electron chi connectivity index (χ3n) is 5.25. The van der Waals surface area contributed by atoms with E-state index in [1.807, 2.05) is 6.92 Å². The molecule has 0 amide bonds. The van der Waals surface area contributed by atoms with Gasteiger partial charge in [0.15, 0.2) is 5.84 Å². The summed E-state index contributed by atoms with van der Waals surface area (Å²) in [5, 5.41) is 8.22. The topological polar surface area (TPSA) is 136 Å². The summed E-state index contributed by atoms with van der Waals surface area (Å²) in [4.78, 5) is 15.8. The number of aryl methyl sites for hydroxylation is 1. The third kappa shape index (κ3) is 7.09. The zero-order chi connectivity index (χ0) is 25.4. The standard InChI is InChI=1S/C23H28F3N7O2/c1-2-33-12-10-18(31-33)17-14-19(29-22(34)20(17)21(27)30-32-28)15-6-8-16(9-7-15)35-13-5-3-4-11-23(24,25)26/h6-10,12,14,32H,2-5,11,13,28H2,1H3,(H2,27,30)(H,29,34). The molecule has 0 aliphatic carbocycles. The van der Waals surface area contributed by atoms with Gasteiger partial charge in [0, 0.05) is 30.4 Å². The van der Waals surface area contributed by atoms with Crippen LogP contribution in [0.25, 0.3) is 22.5 Å². The molecule has 35 heavy (non-hydrogen) atoms. The van der Waals surface area contributed by atoms with Crippen LogP contribution in [-0.2, 0) is 6.54 Å². The molecule has 0 bridgehead atoms. The predicted octanol–water partition coefficient (Wildman–Crippen LogP) is 3.51. The van der Waals surface area contributed by atoms with E-state index >= 15 is 0 Å². The molecule has 0 aliphatic heterocycles. The first kappa shape index (κ1) is 25.8. The molecule has 0 fully saturated rings. The Morgan fingerprint density at radius 2 is 1.94 bits per heavy atom. The lowest BCUT2D eigenvalue weighted by atomic mass is 10.0. The quantitative estimate of drug-likeness (QED) is 0.107. The second-order valence-corrected chi connectivity index (χ2v) is 7.78. The maximum atomic E-state index is 12.9. The molecule has 0 spiro atoms. The lowest BCUT2D eigenvalue weighted by Gasteiger charge is -2.11. The highest BCUT2D eigenvalue weighted by atomic mass is 19.4. The molecule has 0 saturated carbocycles. The van der Waals surface area contributed by atoms with Gasteiger partial charge < -0.3 is 15.5 Å². The van der Waals surface area contributed by atoms with Gasteiger partial charge in [-0.05, 0) is 68.1 Å². The number of nitrogens with zero attached hydrogens (tertiary/aromatic N) is 3. The number of H-pyrrole nitrogens is 1. The van der Waals surface area contributed by atoms with Crippen LogP contribution in [0.4, 0.5) is 13.2 Å². The number of amidine groups is 1. The van der Waals surface area contributed by atoms with Crippen molar-refractivity contribution in [2.24, 2.45) is 16.7 Å². The average Bonchev–Trinajstić information content (AvgIpc) is 3.30. The number of halogens is 3. The van der Waals surface area contributed by atoms with Gasteiger partial charge in [0.1, 0.15) is 5.75 Å². The maximum absolute atomic E-state index is 12.9. The number of hydrazone groups is 1. The zero-order valence-corrected chi connectivity index (χ0v) is 19.2. The van der Waals surface area contributed by atoms with E-state index in [1.165, 1.54) is 0 Å². The second kappa shape index (κ2) is 11.6. The van der Waals surface area contributed by atoms with E-state index in [9.17, 15) is 18.0 Å². The van der Waals surface area contributed by atoms with Gasteiger partial charge in [0.25, 0.3) is 5.56 Å². The minimum Gasteiger partial charge on any atom is -0.494 e. The van der Waals surface area contributed by atoms with Crippen molar-refractivity contribution in [1.29, 1.82) is 0 Å². The van der Waals surface area contributed by atoms with E-state index < -0.39 is 18.2 Å². The van der Waals surface area contributed by atoms with E-state index in [0.717, 1.165) is 5.56 Å². The van der Waals surface area contributed by atoms with Gasteiger partial charge in [0.05, 0.1) is 17.9 Å². The van der Waals surface area contributed by atoms with E-state index in [-0.39, 0.29) is 17.8 Å². The van der Waals surface area contributed by atoms with Gasteiger partial charge in [-0.15, -0.1) is 5.10 Å². The van der Waals surface area contributed by atoms with Crippen LogP contribution >= 0.6 is 0 Å². The molecule has 0 saturated heterocycles. The molecule has 1 aromatic carbocycles. The Hall–Kier alpha value is -3.80. The average molecular weight is 492 g/mol. The summed E-state index contributed by atoms with van der Waals surface area (Å²) in [5.41, 5.74) is 10.0. The smallest absolute Gasteiger partial charge is 0.389 e. The second-order valence-electron chi connectivity index (χ2n) is 7.78. The highest BCUT2D eigenvalue weighted by Gasteiger charge is 2.25. The van der Waals surface area contributed by atoms with Crippen molar-refractivity contribution in [1.82, 2.24) is 20.3 Å². The normalized spacial score (nSPS) is 12.1. The van der Waals surface area contributed by atoms with Gasteiger partial charge in [-0.2, -0.15) is 18.3 Å². The molecule has 12 heteroatoms. The number of aromatic nitrogens is 3. The Morgan fingerprint density at radius 3 is 2.57 bits per heavy atom. The number of nitrogens with two attached hydrogens (primary N) is 2. The van der Waals surface area contributed by atoms with Crippen LogP contribution in [-0.4, -0.2) is 33.4 Å². The molecule has 0 aliphatic rings. The number of benzene rings is 1. The molecule has 0 atom stereocenters. The molecule has 0 unspecified atom stereocenters. The van der Waals surface area contributed by atoms with Gasteiger partial charge >= 0.3 is 6.18 Å². The van der Waals surface area contributed by atoms with Gasteiger partial charge in [-0.25, -0.2) is 11.4 Å². The van der Waals surface area contributed by atoms with Crippen molar-refractivity contribution in [3.8, 4) is 28.3 Å². The molecule has 3 aromatic rings. The number of hydrogen-bond acceptors (Lipinski definition) is 6. The van der Waals surface area contributed by atoms with Gasteiger partial charge in [-0.1, -0.05) is 0 Å². The minimum absolute atomic E-state index is 0.0830. The number of nitrogens with one attached hydrogen (secondary N) is 2. The van der Waals surface area contributed by atoms with Crippen LogP contribution in [0.3, 0.4) is 0 Å². The molecular weight excluding hydrogens is 463 g/mol. The fourth-order valence-electron chi connectivity index (χ4n) is 3.50. The molecule has 188 valence electrons. The van der Waals surface area contributed by atoms with Crippen LogP contribution in [0, 0.1) is 0 Å². The summed E-state index contributed by atoms with van der Waals surface area (Å²) in [6.45, 7) is 2.92. The first-order valence-electron chi connectivity index (χ1n) is 11.1. The SMILES string of the molecule is CCn1ccc(-c2cc(-c3ccc(OCCCCCC(F)(F)F)cc3)[nH]c(=O)c2/C(N)=N/NN)n1. The number of ether oxygens (including phenoxy) is 1. The van der Waals surface area contributed by atoms with Crippen molar-refractivity contribution in [2.75, 3.05) is 6.61 Å². The summed E-state index contributed by atoms with van der Waals surface area (Å²) >= 11 is 0. The van der Waals surface area contributed by atoms with Crippen molar-refractivity contribution in [3.05, 3.63) is 58.5 Å². The van der Waals surface area contributed by atoms with Crippen molar-refractivity contribution in [3.63, 3.8) is 0 Å². The van der Waals surface area contributed by atoms with Crippen LogP contribution < -0.4 is 27.4 Å². The molecule has 2 aromatic heterocycles. The van der Waals surface area contributed by atoms with Crippen molar-refractivity contribution in [2.45, 2.75) is 45.3 Å². The number of alkyl halides is 3. The number of pyridine rings is 1. The number of hydrogen-bond donors (Lipinski definition) is 4. The van der Waals surface area contributed by atoms with Crippen LogP contribution in [0.5, 0.6) is 5.75 Å². The van der Waals surface area contributed by atoms with Crippen LogP contribution in [0.1, 0.15) is 38.2 Å². The molecule has 0 radical (unpaired) electrons. The van der Waals surface area contributed by atoms with Crippen LogP contribution in [0.2, 0.25) is 0 Å². The monoisotopic (exact) mass is 491 g/mol. The lowest BCUT2D eigenvalue weighted by Crippen LogP contribution is -2.30. The first-order chi connectivity index (χ1) is 16.7. The van der Waals surface area contributed by atoms with Crippen LogP contribution in [0.15, 0.2) is 52.5 Å². The fraction of sp³-hybridized carbons (Fsp3) is 0.348. The number of aromatic amines is 1. The Kier molecular flexibility index (Phi) is 8.53. The Bertz CT molecular complexity index is 1200. The predicted molar refractivity (Wildman–Crippen MR) is 127 cm³/mol. The van der Waals surface area contributed by atoms with Gasteiger partial charge in [-0.3, -0.25) is 9.48 Å². The van der Waals surface area contributed by atoms with Crippen molar-refractivity contribution >= 4 is 5.84 Å². The molecule has 2 heterocycles. The summed E-state index contributed by atoms with van der Waals surface area (Å²) < 4.78 is 43.9. The summed E-state index contributed by atoms with van der Waals surface area (Å²) in [7, 11) is 0. The highest BCUT2D eigenvalue weighted by Crippen LogP contribution is 2.27. The van der Waals surface area contributed by atoms with E-state index in [0.29, 0.717) is 48.7 Å². The largest absolute Gasteiger partial charge is 0.494 e. The molecule has 9 nitrogen and oxygen atoms in total. The minimum atomic E-state index is -4.12. The Morgan fingerprint density at radius 1 is 1.20 bits per heavy atom. The number of rotatable bonds is 11. The third-order valence-corrected chi connectivity index (χ3v) is 5.25.